The maximum absolute atomic E-state index is 11.9. The van der Waals surface area contributed by atoms with E-state index in [4.69, 9.17) is 16.3 Å². The number of hydrogen-bond acceptors (Lipinski definition) is 2. The van der Waals surface area contributed by atoms with E-state index in [9.17, 15) is 4.79 Å². The van der Waals surface area contributed by atoms with Gasteiger partial charge in [0.15, 0.2) is 5.78 Å². The topological polar surface area (TPSA) is 26.3 Å². The van der Waals surface area contributed by atoms with Crippen molar-refractivity contribution < 1.29 is 9.53 Å². The summed E-state index contributed by atoms with van der Waals surface area (Å²) in [6.07, 6.45) is 5.05. The van der Waals surface area contributed by atoms with Crippen molar-refractivity contribution in [2.24, 2.45) is 0 Å². The third-order valence-corrected chi connectivity index (χ3v) is 3.03. The Balaban J connectivity index is 2.54. The van der Waals surface area contributed by atoms with Crippen LogP contribution in [0.5, 0.6) is 5.75 Å². The van der Waals surface area contributed by atoms with Crippen molar-refractivity contribution in [3.05, 3.63) is 28.8 Å². The quantitative estimate of drug-likeness (QED) is 0.529. The van der Waals surface area contributed by atoms with Gasteiger partial charge in [0.2, 0.25) is 0 Å². The van der Waals surface area contributed by atoms with Gasteiger partial charge in [-0.1, -0.05) is 37.8 Å². The van der Waals surface area contributed by atoms with E-state index in [-0.39, 0.29) is 5.78 Å². The monoisotopic (exact) mass is 254 g/mol. The van der Waals surface area contributed by atoms with Crippen LogP contribution in [-0.4, -0.2) is 12.9 Å². The molecule has 0 bridgehead atoms. The lowest BCUT2D eigenvalue weighted by Crippen LogP contribution is -1.99. The lowest BCUT2D eigenvalue weighted by molar-refractivity contribution is 0.0979. The zero-order valence-corrected chi connectivity index (χ0v) is 11.2. The molecule has 0 aliphatic rings. The summed E-state index contributed by atoms with van der Waals surface area (Å²) < 4.78 is 5.05. The molecule has 0 atom stereocenters. The molecule has 1 rings (SSSR count). The summed E-state index contributed by atoms with van der Waals surface area (Å²) in [4.78, 5) is 11.9. The maximum Gasteiger partial charge on any atom is 0.162 e. The summed E-state index contributed by atoms with van der Waals surface area (Å²) >= 11 is 5.98. The van der Waals surface area contributed by atoms with Crippen molar-refractivity contribution in [1.82, 2.24) is 0 Å². The largest absolute Gasteiger partial charge is 0.495 e. The van der Waals surface area contributed by atoms with Gasteiger partial charge in [-0.2, -0.15) is 0 Å². The van der Waals surface area contributed by atoms with Gasteiger partial charge < -0.3 is 4.74 Å². The Bertz CT molecular complexity index is 374. The number of carbonyl (C=O) groups is 1. The second kappa shape index (κ2) is 7.33. The second-order valence-electron chi connectivity index (χ2n) is 4.08. The molecule has 0 aromatic heterocycles. The molecule has 0 saturated carbocycles. The number of ketones is 1. The van der Waals surface area contributed by atoms with Crippen molar-refractivity contribution in [3.8, 4) is 5.75 Å². The summed E-state index contributed by atoms with van der Waals surface area (Å²) in [5.41, 5.74) is 0.673. The van der Waals surface area contributed by atoms with Crippen LogP contribution in [0.4, 0.5) is 0 Å². The molecule has 1 aromatic rings. The molecule has 0 amide bonds. The molecule has 0 fully saturated rings. The summed E-state index contributed by atoms with van der Waals surface area (Å²) in [6, 6.07) is 5.19. The Morgan fingerprint density at radius 1 is 1.29 bits per heavy atom. The van der Waals surface area contributed by atoms with Crippen LogP contribution in [0, 0.1) is 0 Å². The van der Waals surface area contributed by atoms with Gasteiger partial charge in [0.25, 0.3) is 0 Å². The van der Waals surface area contributed by atoms with E-state index in [0.717, 1.165) is 12.8 Å². The first-order chi connectivity index (χ1) is 8.19. The zero-order valence-electron chi connectivity index (χ0n) is 10.5. The second-order valence-corrected chi connectivity index (χ2v) is 4.49. The van der Waals surface area contributed by atoms with E-state index < -0.39 is 0 Å². The van der Waals surface area contributed by atoms with E-state index in [2.05, 4.69) is 6.92 Å². The molecule has 17 heavy (non-hydrogen) atoms. The third-order valence-electron chi connectivity index (χ3n) is 2.73. The van der Waals surface area contributed by atoms with Gasteiger partial charge in [-0.15, -0.1) is 0 Å². The average Bonchev–Trinajstić information content (AvgIpc) is 2.34. The fraction of sp³-hybridized carbons (Fsp3) is 0.500. The highest BCUT2D eigenvalue weighted by molar-refractivity contribution is 6.32. The van der Waals surface area contributed by atoms with Crippen LogP contribution in [-0.2, 0) is 0 Å². The van der Waals surface area contributed by atoms with Gasteiger partial charge >= 0.3 is 0 Å². The molecule has 2 nitrogen and oxygen atoms in total. The highest BCUT2D eigenvalue weighted by atomic mass is 35.5. The summed E-state index contributed by atoms with van der Waals surface area (Å²) in [5, 5.41) is 0.493. The molecule has 0 heterocycles. The standard InChI is InChI=1S/C14H19ClO2/c1-3-4-5-6-7-13(16)11-8-9-14(17-2)12(15)10-11/h8-10H,3-7H2,1-2H3. The zero-order chi connectivity index (χ0) is 12.7. The molecule has 0 unspecified atom stereocenters. The minimum Gasteiger partial charge on any atom is -0.495 e. The number of carbonyl (C=O) groups excluding carboxylic acids is 1. The van der Waals surface area contributed by atoms with Crippen LogP contribution in [0.15, 0.2) is 18.2 Å². The van der Waals surface area contributed by atoms with Crippen molar-refractivity contribution >= 4 is 17.4 Å². The number of ether oxygens (including phenoxy) is 1. The Hall–Kier alpha value is -1.02. The highest BCUT2D eigenvalue weighted by Gasteiger charge is 2.08. The molecule has 0 radical (unpaired) electrons. The average molecular weight is 255 g/mol. The Morgan fingerprint density at radius 2 is 2.06 bits per heavy atom. The van der Waals surface area contributed by atoms with E-state index in [1.807, 2.05) is 0 Å². The van der Waals surface area contributed by atoms with Crippen LogP contribution in [0.25, 0.3) is 0 Å². The first-order valence-electron chi connectivity index (χ1n) is 6.05. The number of rotatable bonds is 7. The lowest BCUT2D eigenvalue weighted by atomic mass is 10.0. The highest BCUT2D eigenvalue weighted by Crippen LogP contribution is 2.25. The number of benzene rings is 1. The molecule has 0 N–H and O–H groups in total. The first-order valence-corrected chi connectivity index (χ1v) is 6.43. The van der Waals surface area contributed by atoms with Crippen LogP contribution < -0.4 is 4.74 Å². The van der Waals surface area contributed by atoms with Gasteiger partial charge in [0.05, 0.1) is 12.1 Å². The fourth-order valence-corrected chi connectivity index (χ4v) is 1.95. The Labute approximate surface area is 108 Å². The number of Topliss-reactive ketones (excluding diaryl/α,β-unsaturated/α-hetero) is 1. The molecular formula is C14H19ClO2. The predicted octanol–water partition coefficient (Wildman–Crippen LogP) is 4.50. The minimum absolute atomic E-state index is 0.158. The minimum atomic E-state index is 0.158. The third kappa shape index (κ3) is 4.39. The van der Waals surface area contributed by atoms with Crippen LogP contribution in [0.1, 0.15) is 49.4 Å². The van der Waals surface area contributed by atoms with Gasteiger partial charge in [0.1, 0.15) is 5.75 Å². The molecule has 1 aromatic carbocycles. The van der Waals surface area contributed by atoms with Gasteiger partial charge in [-0.05, 0) is 24.6 Å². The number of methoxy groups -OCH3 is 1. The Kier molecular flexibility index (Phi) is 6.06. The predicted molar refractivity (Wildman–Crippen MR) is 71.1 cm³/mol. The SMILES string of the molecule is CCCCCCC(=O)c1ccc(OC)c(Cl)c1. The van der Waals surface area contributed by atoms with Gasteiger partial charge in [-0.25, -0.2) is 0 Å². The summed E-state index contributed by atoms with van der Waals surface area (Å²) in [6.45, 7) is 2.16. The fourth-order valence-electron chi connectivity index (χ4n) is 1.70. The van der Waals surface area contributed by atoms with Crippen LogP contribution in [0.3, 0.4) is 0 Å². The molecule has 0 spiro atoms. The van der Waals surface area contributed by atoms with Crippen molar-refractivity contribution in [2.75, 3.05) is 7.11 Å². The van der Waals surface area contributed by atoms with Crippen LogP contribution >= 0.6 is 11.6 Å². The number of unbranched alkanes of at least 4 members (excludes halogenated alkanes) is 3. The van der Waals surface area contributed by atoms with Crippen molar-refractivity contribution in [3.63, 3.8) is 0 Å². The van der Waals surface area contributed by atoms with E-state index in [0.29, 0.717) is 22.8 Å². The van der Waals surface area contributed by atoms with Gasteiger partial charge in [-0.3, -0.25) is 4.79 Å². The van der Waals surface area contributed by atoms with E-state index >= 15 is 0 Å². The molecular weight excluding hydrogens is 236 g/mol. The smallest absolute Gasteiger partial charge is 0.162 e. The molecule has 0 aliphatic heterocycles. The molecule has 0 saturated heterocycles. The van der Waals surface area contributed by atoms with Gasteiger partial charge in [0, 0.05) is 12.0 Å². The molecule has 0 aliphatic carbocycles. The van der Waals surface area contributed by atoms with Crippen molar-refractivity contribution in [2.45, 2.75) is 39.0 Å². The number of hydrogen-bond donors (Lipinski definition) is 0. The Morgan fingerprint density at radius 3 is 2.65 bits per heavy atom. The van der Waals surface area contributed by atoms with Crippen LogP contribution in [0.2, 0.25) is 5.02 Å². The molecule has 3 heteroatoms. The van der Waals surface area contributed by atoms with E-state index in [1.165, 1.54) is 12.8 Å². The lowest BCUT2D eigenvalue weighted by Gasteiger charge is -2.05. The maximum atomic E-state index is 11.9. The first kappa shape index (κ1) is 14.0. The normalized spacial score (nSPS) is 10.3. The summed E-state index contributed by atoms with van der Waals surface area (Å²) in [7, 11) is 1.56. The van der Waals surface area contributed by atoms with Crippen molar-refractivity contribution in [1.29, 1.82) is 0 Å². The molecule has 94 valence electrons. The number of halogens is 1. The summed E-state index contributed by atoms with van der Waals surface area (Å²) in [5.74, 6) is 0.764. The van der Waals surface area contributed by atoms with E-state index in [1.54, 1.807) is 25.3 Å².